The highest BCUT2D eigenvalue weighted by Crippen LogP contribution is 2.25. The Morgan fingerprint density at radius 3 is 2.48 bits per heavy atom. The van der Waals surface area contributed by atoms with Crippen molar-refractivity contribution in [2.75, 3.05) is 0 Å². The summed E-state index contributed by atoms with van der Waals surface area (Å²) in [6.07, 6.45) is -0.737. The number of hydrogen-bond acceptors (Lipinski definition) is 6. The van der Waals surface area contributed by atoms with Gasteiger partial charge in [-0.1, -0.05) is 29.3 Å². The predicted molar refractivity (Wildman–Crippen MR) is 91.1 cm³/mol. The summed E-state index contributed by atoms with van der Waals surface area (Å²) in [5.74, 6) is -0.232. The first-order valence-corrected chi connectivity index (χ1v) is 7.85. The van der Waals surface area contributed by atoms with Gasteiger partial charge in [0.1, 0.15) is 11.3 Å². The van der Waals surface area contributed by atoms with E-state index < -0.39 is 12.1 Å². The second kappa shape index (κ2) is 6.76. The summed E-state index contributed by atoms with van der Waals surface area (Å²) in [7, 11) is 0. The van der Waals surface area contributed by atoms with Gasteiger partial charge in [0.15, 0.2) is 6.10 Å². The molecular formula is C19H18N2O4. The molecule has 25 heavy (non-hydrogen) atoms. The molecule has 0 aliphatic carbocycles. The lowest BCUT2D eigenvalue weighted by atomic mass is 10.1. The minimum atomic E-state index is -0.737. The summed E-state index contributed by atoms with van der Waals surface area (Å²) in [5, 5.41) is 17.7. The maximum absolute atomic E-state index is 12.2. The van der Waals surface area contributed by atoms with Crippen molar-refractivity contribution in [3.05, 3.63) is 65.0 Å². The number of carbonyl (C=O) groups is 1. The first-order chi connectivity index (χ1) is 11.9. The molecule has 0 saturated carbocycles. The van der Waals surface area contributed by atoms with Crippen LogP contribution >= 0.6 is 0 Å². The Labute approximate surface area is 145 Å². The van der Waals surface area contributed by atoms with E-state index in [-0.39, 0.29) is 17.2 Å². The van der Waals surface area contributed by atoms with Crippen molar-refractivity contribution in [1.29, 1.82) is 0 Å². The number of rotatable bonds is 4. The SMILES string of the molecule is Cc1ccc(-c2nnc([C@@H](C)OC(=O)c3cc(C)ccc3O)o2)cc1. The highest BCUT2D eigenvalue weighted by atomic mass is 16.6. The van der Waals surface area contributed by atoms with Gasteiger partial charge in [0, 0.05) is 5.56 Å². The minimum absolute atomic E-state index is 0.102. The first-order valence-electron chi connectivity index (χ1n) is 7.85. The average Bonchev–Trinajstić information content (AvgIpc) is 3.07. The molecule has 0 saturated heterocycles. The van der Waals surface area contributed by atoms with Crippen molar-refractivity contribution in [2.45, 2.75) is 26.9 Å². The maximum atomic E-state index is 12.2. The van der Waals surface area contributed by atoms with Gasteiger partial charge in [-0.05, 0) is 45.0 Å². The van der Waals surface area contributed by atoms with Gasteiger partial charge in [-0.15, -0.1) is 10.2 Å². The number of nitrogens with zero attached hydrogens (tertiary/aromatic N) is 2. The van der Waals surface area contributed by atoms with Crippen LogP contribution in [0.1, 0.15) is 40.4 Å². The second-order valence-corrected chi connectivity index (χ2v) is 5.88. The van der Waals surface area contributed by atoms with E-state index in [1.807, 2.05) is 38.1 Å². The van der Waals surface area contributed by atoms with Crippen molar-refractivity contribution in [1.82, 2.24) is 10.2 Å². The Balaban J connectivity index is 1.75. The van der Waals surface area contributed by atoms with E-state index in [9.17, 15) is 9.90 Å². The highest BCUT2D eigenvalue weighted by molar-refractivity contribution is 5.92. The van der Waals surface area contributed by atoms with Gasteiger partial charge in [0.2, 0.25) is 5.89 Å². The van der Waals surface area contributed by atoms with Gasteiger partial charge in [-0.25, -0.2) is 4.79 Å². The summed E-state index contributed by atoms with van der Waals surface area (Å²) in [6, 6.07) is 12.4. The van der Waals surface area contributed by atoms with E-state index in [1.54, 1.807) is 19.1 Å². The number of esters is 1. The molecule has 3 aromatic rings. The Kier molecular flexibility index (Phi) is 4.52. The van der Waals surface area contributed by atoms with Crippen LogP contribution in [0.2, 0.25) is 0 Å². The Hall–Kier alpha value is -3.15. The molecule has 2 aromatic carbocycles. The average molecular weight is 338 g/mol. The van der Waals surface area contributed by atoms with E-state index in [1.165, 1.54) is 6.07 Å². The zero-order chi connectivity index (χ0) is 18.0. The number of aryl methyl sites for hydroxylation is 2. The van der Waals surface area contributed by atoms with Crippen molar-refractivity contribution in [3.63, 3.8) is 0 Å². The Morgan fingerprint density at radius 1 is 1.08 bits per heavy atom. The molecule has 0 aliphatic heterocycles. The molecule has 128 valence electrons. The molecule has 0 unspecified atom stereocenters. The molecule has 6 heteroatoms. The van der Waals surface area contributed by atoms with Crippen molar-refractivity contribution < 1.29 is 19.1 Å². The Morgan fingerprint density at radius 2 is 1.76 bits per heavy atom. The fraction of sp³-hybridized carbons (Fsp3) is 0.211. The molecule has 6 nitrogen and oxygen atoms in total. The summed E-state index contributed by atoms with van der Waals surface area (Å²) < 4.78 is 10.9. The fourth-order valence-electron chi connectivity index (χ4n) is 2.30. The standard InChI is InChI=1S/C19H18N2O4/c1-11-4-7-14(8-5-11)18-21-20-17(25-18)13(3)24-19(23)15-10-12(2)6-9-16(15)22/h4-10,13,22H,1-3H3/t13-/m1/s1. The third-order valence-corrected chi connectivity index (χ3v) is 3.74. The monoisotopic (exact) mass is 338 g/mol. The van der Waals surface area contributed by atoms with Gasteiger partial charge >= 0.3 is 5.97 Å². The zero-order valence-corrected chi connectivity index (χ0v) is 14.2. The van der Waals surface area contributed by atoms with E-state index >= 15 is 0 Å². The van der Waals surface area contributed by atoms with E-state index in [4.69, 9.17) is 9.15 Å². The van der Waals surface area contributed by atoms with Crippen LogP contribution in [0, 0.1) is 13.8 Å². The highest BCUT2D eigenvalue weighted by Gasteiger charge is 2.21. The molecule has 0 spiro atoms. The molecule has 3 rings (SSSR count). The van der Waals surface area contributed by atoms with Gasteiger partial charge in [-0.3, -0.25) is 0 Å². The minimum Gasteiger partial charge on any atom is -0.507 e. The van der Waals surface area contributed by atoms with Crippen molar-refractivity contribution >= 4 is 5.97 Å². The lowest BCUT2D eigenvalue weighted by Gasteiger charge is -2.10. The summed E-state index contributed by atoms with van der Waals surface area (Å²) in [5.41, 5.74) is 2.87. The fourth-order valence-corrected chi connectivity index (χ4v) is 2.30. The number of carbonyl (C=O) groups excluding carboxylic acids is 1. The van der Waals surface area contributed by atoms with Crippen molar-refractivity contribution in [3.8, 4) is 17.2 Å². The number of aromatic nitrogens is 2. The molecule has 0 bridgehead atoms. The largest absolute Gasteiger partial charge is 0.507 e. The third kappa shape index (κ3) is 3.68. The van der Waals surface area contributed by atoms with E-state index in [0.29, 0.717) is 5.89 Å². The Bertz CT molecular complexity index is 900. The normalized spacial score (nSPS) is 12.0. The van der Waals surface area contributed by atoms with Gasteiger partial charge < -0.3 is 14.3 Å². The molecule has 0 radical (unpaired) electrons. The molecule has 0 amide bonds. The second-order valence-electron chi connectivity index (χ2n) is 5.88. The number of phenolic OH excluding ortho intramolecular Hbond substituents is 1. The summed E-state index contributed by atoms with van der Waals surface area (Å²) >= 11 is 0. The molecule has 0 fully saturated rings. The van der Waals surface area contributed by atoms with Crippen LogP contribution in [0.3, 0.4) is 0 Å². The molecule has 1 aromatic heterocycles. The number of ether oxygens (including phenoxy) is 1. The zero-order valence-electron chi connectivity index (χ0n) is 14.2. The number of hydrogen-bond donors (Lipinski definition) is 1. The molecule has 1 heterocycles. The van der Waals surface area contributed by atoms with Crippen LogP contribution in [-0.4, -0.2) is 21.3 Å². The molecular weight excluding hydrogens is 320 g/mol. The van der Waals surface area contributed by atoms with Crippen LogP contribution in [0.15, 0.2) is 46.9 Å². The van der Waals surface area contributed by atoms with E-state index in [2.05, 4.69) is 10.2 Å². The summed E-state index contributed by atoms with van der Waals surface area (Å²) in [4.78, 5) is 12.2. The molecule has 0 aliphatic rings. The topological polar surface area (TPSA) is 85.5 Å². The quantitative estimate of drug-likeness (QED) is 0.724. The van der Waals surface area contributed by atoms with Crippen LogP contribution in [0.25, 0.3) is 11.5 Å². The van der Waals surface area contributed by atoms with Crippen molar-refractivity contribution in [2.24, 2.45) is 0 Å². The lowest BCUT2D eigenvalue weighted by molar-refractivity contribution is 0.0276. The predicted octanol–water partition coefficient (Wildman–Crippen LogP) is 3.98. The van der Waals surface area contributed by atoms with Crippen LogP contribution in [0.5, 0.6) is 5.75 Å². The summed E-state index contributed by atoms with van der Waals surface area (Å²) in [6.45, 7) is 5.45. The first kappa shape index (κ1) is 16.7. The maximum Gasteiger partial charge on any atom is 0.342 e. The lowest BCUT2D eigenvalue weighted by Crippen LogP contribution is -2.10. The van der Waals surface area contributed by atoms with Gasteiger partial charge in [0.25, 0.3) is 5.89 Å². The number of benzene rings is 2. The number of aromatic hydroxyl groups is 1. The van der Waals surface area contributed by atoms with E-state index in [0.717, 1.165) is 16.7 Å². The van der Waals surface area contributed by atoms with Crippen LogP contribution in [0.4, 0.5) is 0 Å². The molecule has 1 atom stereocenters. The smallest absolute Gasteiger partial charge is 0.342 e. The van der Waals surface area contributed by atoms with Crippen LogP contribution in [-0.2, 0) is 4.74 Å². The molecule has 1 N–H and O–H groups in total. The van der Waals surface area contributed by atoms with Gasteiger partial charge in [0.05, 0.1) is 0 Å². The third-order valence-electron chi connectivity index (χ3n) is 3.74. The van der Waals surface area contributed by atoms with Gasteiger partial charge in [-0.2, -0.15) is 0 Å². The van der Waals surface area contributed by atoms with Crippen LogP contribution < -0.4 is 0 Å². The number of phenols is 1.